The fourth-order valence-corrected chi connectivity index (χ4v) is 8.71. The van der Waals surface area contributed by atoms with Crippen LogP contribution in [0.15, 0.2) is 218 Å². The summed E-state index contributed by atoms with van der Waals surface area (Å²) in [6, 6.07) is 79.4. The first-order valence-corrected chi connectivity index (χ1v) is 19.3. The van der Waals surface area contributed by atoms with Gasteiger partial charge < -0.3 is 9.13 Å². The SMILES string of the molecule is c1ccc(-c2cc(-c3ccccc3)cc(-n3c4ccccc4c4cc(-c5ccc6c(c5)c5cccc(-c7ccccc7)c5n6-c5ccccc5)ccc43)c2)cc1. The first kappa shape index (κ1) is 32.0. The summed E-state index contributed by atoms with van der Waals surface area (Å²) in [4.78, 5) is 0. The number of para-hydroxylation sites is 3. The van der Waals surface area contributed by atoms with Crippen molar-refractivity contribution in [1.82, 2.24) is 9.13 Å². The van der Waals surface area contributed by atoms with Gasteiger partial charge in [-0.25, -0.2) is 0 Å². The van der Waals surface area contributed by atoms with Crippen LogP contribution in [0.25, 0.3) is 99.5 Å². The van der Waals surface area contributed by atoms with Gasteiger partial charge in [-0.15, -0.1) is 0 Å². The first-order chi connectivity index (χ1) is 27.8. The van der Waals surface area contributed by atoms with Crippen LogP contribution in [-0.4, -0.2) is 9.13 Å². The molecule has 262 valence electrons. The predicted octanol–water partition coefficient (Wildman–Crippen LogP) is 14.5. The number of hydrogen-bond donors (Lipinski definition) is 0. The number of aromatic nitrogens is 2. The molecule has 0 atom stereocenters. The molecular formula is C54H36N2. The lowest BCUT2D eigenvalue weighted by atomic mass is 9.98. The van der Waals surface area contributed by atoms with E-state index in [1.807, 2.05) is 0 Å². The Labute approximate surface area is 325 Å². The van der Waals surface area contributed by atoms with Gasteiger partial charge in [0.05, 0.1) is 22.1 Å². The van der Waals surface area contributed by atoms with E-state index >= 15 is 0 Å². The van der Waals surface area contributed by atoms with E-state index in [-0.39, 0.29) is 0 Å². The fraction of sp³-hybridized carbons (Fsp3) is 0. The van der Waals surface area contributed by atoms with Crippen molar-refractivity contribution in [2.24, 2.45) is 0 Å². The lowest BCUT2D eigenvalue weighted by Gasteiger charge is -2.14. The van der Waals surface area contributed by atoms with Crippen LogP contribution in [0.4, 0.5) is 0 Å². The Kier molecular flexibility index (Phi) is 7.53. The van der Waals surface area contributed by atoms with Crippen molar-refractivity contribution in [2.75, 3.05) is 0 Å². The Morgan fingerprint density at radius 2 is 0.714 bits per heavy atom. The summed E-state index contributed by atoms with van der Waals surface area (Å²) in [6.45, 7) is 0. The third-order valence-corrected chi connectivity index (χ3v) is 11.3. The van der Waals surface area contributed by atoms with Gasteiger partial charge in [-0.3, -0.25) is 0 Å². The van der Waals surface area contributed by atoms with Crippen LogP contribution in [0.3, 0.4) is 0 Å². The Morgan fingerprint density at radius 1 is 0.232 bits per heavy atom. The average Bonchev–Trinajstić information content (AvgIpc) is 3.80. The summed E-state index contributed by atoms with van der Waals surface area (Å²) in [7, 11) is 0. The molecule has 0 bridgehead atoms. The molecule has 2 heterocycles. The Morgan fingerprint density at radius 3 is 1.34 bits per heavy atom. The maximum atomic E-state index is 2.44. The van der Waals surface area contributed by atoms with Crippen LogP contribution >= 0.6 is 0 Å². The van der Waals surface area contributed by atoms with Crippen LogP contribution < -0.4 is 0 Å². The van der Waals surface area contributed by atoms with Crippen molar-refractivity contribution in [3.05, 3.63) is 218 Å². The molecule has 11 rings (SSSR count). The largest absolute Gasteiger partial charge is 0.309 e. The number of fused-ring (bicyclic) bond motifs is 6. The summed E-state index contributed by atoms with van der Waals surface area (Å²) in [5, 5.41) is 4.97. The summed E-state index contributed by atoms with van der Waals surface area (Å²) < 4.78 is 4.87. The van der Waals surface area contributed by atoms with Gasteiger partial charge in [-0.2, -0.15) is 0 Å². The highest BCUT2D eigenvalue weighted by atomic mass is 15.0. The van der Waals surface area contributed by atoms with Gasteiger partial charge in [0.15, 0.2) is 0 Å². The molecule has 0 aliphatic heterocycles. The molecule has 0 radical (unpaired) electrons. The molecule has 0 unspecified atom stereocenters. The van der Waals surface area contributed by atoms with Gasteiger partial charge in [-0.05, 0) is 99.6 Å². The molecule has 0 amide bonds. The molecule has 0 N–H and O–H groups in total. The minimum Gasteiger partial charge on any atom is -0.309 e. The minimum absolute atomic E-state index is 1.15. The van der Waals surface area contributed by atoms with Crippen LogP contribution in [0.1, 0.15) is 0 Å². The molecule has 2 heteroatoms. The van der Waals surface area contributed by atoms with Gasteiger partial charge in [0.2, 0.25) is 0 Å². The van der Waals surface area contributed by atoms with Crippen molar-refractivity contribution >= 4 is 43.6 Å². The van der Waals surface area contributed by atoms with E-state index in [4.69, 9.17) is 0 Å². The quantitative estimate of drug-likeness (QED) is 0.162. The van der Waals surface area contributed by atoms with Crippen molar-refractivity contribution < 1.29 is 0 Å². The van der Waals surface area contributed by atoms with Crippen molar-refractivity contribution in [1.29, 1.82) is 0 Å². The topological polar surface area (TPSA) is 9.86 Å². The van der Waals surface area contributed by atoms with E-state index in [1.165, 1.54) is 88.1 Å². The number of benzene rings is 9. The van der Waals surface area contributed by atoms with E-state index in [1.54, 1.807) is 0 Å². The molecule has 9 aromatic carbocycles. The maximum Gasteiger partial charge on any atom is 0.0619 e. The highest BCUT2D eigenvalue weighted by Gasteiger charge is 2.19. The minimum atomic E-state index is 1.15. The number of hydrogen-bond acceptors (Lipinski definition) is 0. The molecule has 11 aromatic rings. The first-order valence-electron chi connectivity index (χ1n) is 19.3. The second-order valence-corrected chi connectivity index (χ2v) is 14.6. The molecule has 2 nitrogen and oxygen atoms in total. The standard InChI is InChI=1S/C54H36N2/c1-5-16-37(17-6-1)42-32-43(38-18-7-2-8-19-38)34-45(33-42)55-51-27-14-13-24-47(51)49-35-40(28-30-52(49)55)41-29-31-53-50(36-41)48-26-15-25-46(39-20-9-3-10-21-39)54(48)56(53)44-22-11-4-12-23-44/h1-36H. The van der Waals surface area contributed by atoms with Crippen LogP contribution in [0, 0.1) is 0 Å². The van der Waals surface area contributed by atoms with E-state index in [9.17, 15) is 0 Å². The molecule has 0 saturated heterocycles. The fourth-order valence-electron chi connectivity index (χ4n) is 8.71. The Hall–Kier alpha value is -7.42. The molecule has 0 saturated carbocycles. The Bertz CT molecular complexity index is 3150. The highest BCUT2D eigenvalue weighted by Crippen LogP contribution is 2.41. The van der Waals surface area contributed by atoms with E-state index in [2.05, 4.69) is 228 Å². The molecule has 2 aromatic heterocycles. The summed E-state index contributed by atoms with van der Waals surface area (Å²) in [6.07, 6.45) is 0. The lowest BCUT2D eigenvalue weighted by molar-refractivity contribution is 1.18. The van der Waals surface area contributed by atoms with E-state index in [0.717, 1.165) is 11.4 Å². The normalized spacial score (nSPS) is 11.6. The van der Waals surface area contributed by atoms with Gasteiger partial charge in [0.25, 0.3) is 0 Å². The zero-order valence-electron chi connectivity index (χ0n) is 30.7. The third kappa shape index (κ3) is 5.26. The monoisotopic (exact) mass is 712 g/mol. The van der Waals surface area contributed by atoms with E-state index < -0.39 is 0 Å². The van der Waals surface area contributed by atoms with Gasteiger partial charge in [0, 0.05) is 38.5 Å². The molecular weight excluding hydrogens is 677 g/mol. The smallest absolute Gasteiger partial charge is 0.0619 e. The number of nitrogens with zero attached hydrogens (tertiary/aromatic N) is 2. The summed E-state index contributed by atoms with van der Waals surface area (Å²) in [5.41, 5.74) is 16.7. The third-order valence-electron chi connectivity index (χ3n) is 11.3. The molecule has 0 fully saturated rings. The highest BCUT2D eigenvalue weighted by molar-refractivity contribution is 6.15. The van der Waals surface area contributed by atoms with E-state index in [0.29, 0.717) is 0 Å². The molecule has 56 heavy (non-hydrogen) atoms. The second-order valence-electron chi connectivity index (χ2n) is 14.6. The molecule has 0 aliphatic carbocycles. The van der Waals surface area contributed by atoms with Crippen LogP contribution in [0.2, 0.25) is 0 Å². The average molecular weight is 713 g/mol. The van der Waals surface area contributed by atoms with Crippen LogP contribution in [0.5, 0.6) is 0 Å². The number of rotatable bonds is 6. The zero-order chi connectivity index (χ0) is 37.0. The lowest BCUT2D eigenvalue weighted by Crippen LogP contribution is -1.96. The maximum absolute atomic E-state index is 2.44. The van der Waals surface area contributed by atoms with Crippen molar-refractivity contribution in [2.45, 2.75) is 0 Å². The summed E-state index contributed by atoms with van der Waals surface area (Å²) in [5.74, 6) is 0. The van der Waals surface area contributed by atoms with Crippen molar-refractivity contribution in [3.63, 3.8) is 0 Å². The second kappa shape index (κ2) is 13.2. The van der Waals surface area contributed by atoms with Gasteiger partial charge in [0.1, 0.15) is 0 Å². The molecule has 0 spiro atoms. The predicted molar refractivity (Wildman–Crippen MR) is 237 cm³/mol. The van der Waals surface area contributed by atoms with Crippen molar-refractivity contribution in [3.8, 4) is 55.9 Å². The van der Waals surface area contributed by atoms with Gasteiger partial charge >= 0.3 is 0 Å². The molecule has 0 aliphatic rings. The van der Waals surface area contributed by atoms with Gasteiger partial charge in [-0.1, -0.05) is 158 Å². The summed E-state index contributed by atoms with van der Waals surface area (Å²) >= 11 is 0. The zero-order valence-corrected chi connectivity index (χ0v) is 30.7. The Balaban J connectivity index is 1.11. The van der Waals surface area contributed by atoms with Crippen LogP contribution in [-0.2, 0) is 0 Å².